The lowest BCUT2D eigenvalue weighted by atomic mass is 10.0. The molecule has 0 fully saturated rings. The molecule has 0 bridgehead atoms. The van der Waals surface area contributed by atoms with Crippen molar-refractivity contribution in [1.82, 2.24) is 0 Å². The van der Waals surface area contributed by atoms with Crippen molar-refractivity contribution in [2.45, 2.75) is 0 Å². The van der Waals surface area contributed by atoms with Crippen molar-refractivity contribution in [2.75, 3.05) is 7.11 Å². The molecule has 0 unspecified atom stereocenters. The van der Waals surface area contributed by atoms with E-state index in [1.165, 1.54) is 0 Å². The Bertz CT molecular complexity index is 452. The summed E-state index contributed by atoms with van der Waals surface area (Å²) in [6.07, 6.45) is 0. The minimum absolute atomic E-state index is 0. The number of hydrogen-bond donors (Lipinski definition) is 1. The van der Waals surface area contributed by atoms with Crippen LogP contribution >= 0.6 is 0 Å². The number of hydrogen-bond acceptors (Lipinski definition) is 2. The van der Waals surface area contributed by atoms with E-state index in [0.29, 0.717) is 5.75 Å². The van der Waals surface area contributed by atoms with Gasteiger partial charge in [-0.25, -0.2) is 0 Å². The summed E-state index contributed by atoms with van der Waals surface area (Å²) < 4.78 is 5.22. The van der Waals surface area contributed by atoms with E-state index < -0.39 is 0 Å². The largest absolute Gasteiger partial charge is 0.507 e. The Morgan fingerprint density at radius 3 is 2.25 bits per heavy atom. The minimum atomic E-state index is 0. The molecule has 0 saturated heterocycles. The molecule has 0 aromatic heterocycles. The molecule has 0 spiro atoms. The van der Waals surface area contributed by atoms with E-state index in [9.17, 15) is 5.11 Å². The van der Waals surface area contributed by atoms with Crippen LogP contribution in [0.5, 0.6) is 11.5 Å². The molecule has 2 aromatic carbocycles. The number of benzene rings is 2. The predicted molar refractivity (Wildman–Crippen MR) is 63.7 cm³/mol. The van der Waals surface area contributed by atoms with Crippen LogP contribution in [0.3, 0.4) is 0 Å². The molecule has 0 radical (unpaired) electrons. The SMILES string of the molecule is COc1cccc(O)c1-c1ccccc1.O. The highest BCUT2D eigenvalue weighted by Gasteiger charge is 2.09. The third kappa shape index (κ3) is 2.15. The van der Waals surface area contributed by atoms with Crippen LogP contribution in [0.4, 0.5) is 0 Å². The fourth-order valence-corrected chi connectivity index (χ4v) is 1.58. The van der Waals surface area contributed by atoms with Gasteiger partial charge in [0.1, 0.15) is 11.5 Å². The lowest BCUT2D eigenvalue weighted by Crippen LogP contribution is -1.87. The zero-order chi connectivity index (χ0) is 10.7. The van der Waals surface area contributed by atoms with Gasteiger partial charge in [-0.3, -0.25) is 0 Å². The van der Waals surface area contributed by atoms with Crippen molar-refractivity contribution in [3.8, 4) is 22.6 Å². The van der Waals surface area contributed by atoms with Crippen LogP contribution in [0, 0.1) is 0 Å². The van der Waals surface area contributed by atoms with E-state index in [2.05, 4.69) is 0 Å². The Morgan fingerprint density at radius 1 is 0.938 bits per heavy atom. The van der Waals surface area contributed by atoms with Crippen molar-refractivity contribution in [3.63, 3.8) is 0 Å². The molecule has 0 aliphatic carbocycles. The van der Waals surface area contributed by atoms with E-state index in [1.54, 1.807) is 19.2 Å². The van der Waals surface area contributed by atoms with Crippen LogP contribution < -0.4 is 4.74 Å². The molecule has 0 aliphatic heterocycles. The maximum absolute atomic E-state index is 9.80. The number of aromatic hydroxyl groups is 1. The minimum Gasteiger partial charge on any atom is -0.507 e. The second-order valence-corrected chi connectivity index (χ2v) is 3.22. The van der Waals surface area contributed by atoms with Crippen LogP contribution in [0.25, 0.3) is 11.1 Å². The summed E-state index contributed by atoms with van der Waals surface area (Å²) in [6, 6.07) is 14.9. The van der Waals surface area contributed by atoms with Gasteiger partial charge in [0.05, 0.1) is 12.7 Å². The van der Waals surface area contributed by atoms with E-state index in [1.807, 2.05) is 36.4 Å². The van der Waals surface area contributed by atoms with Gasteiger partial charge < -0.3 is 15.3 Å². The van der Waals surface area contributed by atoms with Gasteiger partial charge in [0, 0.05) is 0 Å². The molecule has 2 rings (SSSR count). The molecule has 0 atom stereocenters. The maximum atomic E-state index is 9.80. The van der Waals surface area contributed by atoms with Crippen LogP contribution in [-0.2, 0) is 0 Å². The van der Waals surface area contributed by atoms with Crippen LogP contribution in [0.1, 0.15) is 0 Å². The summed E-state index contributed by atoms with van der Waals surface area (Å²) in [6.45, 7) is 0. The molecule has 0 saturated carbocycles. The predicted octanol–water partition coefficient (Wildman–Crippen LogP) is 2.24. The Kier molecular flexibility index (Phi) is 3.91. The zero-order valence-electron chi connectivity index (χ0n) is 8.97. The van der Waals surface area contributed by atoms with Crippen molar-refractivity contribution >= 4 is 0 Å². The van der Waals surface area contributed by atoms with Gasteiger partial charge in [0.15, 0.2) is 0 Å². The molecule has 3 heteroatoms. The molecule has 2 aromatic rings. The summed E-state index contributed by atoms with van der Waals surface area (Å²) in [5, 5.41) is 9.80. The lowest BCUT2D eigenvalue weighted by molar-refractivity contribution is 0.410. The highest BCUT2D eigenvalue weighted by molar-refractivity contribution is 5.76. The summed E-state index contributed by atoms with van der Waals surface area (Å²) in [7, 11) is 1.60. The summed E-state index contributed by atoms with van der Waals surface area (Å²) >= 11 is 0. The number of phenols is 1. The number of ether oxygens (including phenoxy) is 1. The third-order valence-electron chi connectivity index (χ3n) is 2.29. The monoisotopic (exact) mass is 218 g/mol. The fourth-order valence-electron chi connectivity index (χ4n) is 1.58. The van der Waals surface area contributed by atoms with E-state index in [0.717, 1.165) is 11.1 Å². The van der Waals surface area contributed by atoms with Crippen molar-refractivity contribution in [3.05, 3.63) is 48.5 Å². The summed E-state index contributed by atoms with van der Waals surface area (Å²) in [4.78, 5) is 0. The smallest absolute Gasteiger partial charge is 0.130 e. The molecule has 0 amide bonds. The maximum Gasteiger partial charge on any atom is 0.130 e. The quantitative estimate of drug-likeness (QED) is 0.840. The van der Waals surface area contributed by atoms with Gasteiger partial charge in [-0.1, -0.05) is 36.4 Å². The standard InChI is InChI=1S/C13H12O2.H2O/c1-15-12-9-5-8-11(14)13(12)10-6-3-2-4-7-10;/h2-9,14H,1H3;1H2. The zero-order valence-corrected chi connectivity index (χ0v) is 8.97. The van der Waals surface area contributed by atoms with Gasteiger partial charge >= 0.3 is 0 Å². The molecular formula is C13H14O3. The third-order valence-corrected chi connectivity index (χ3v) is 2.29. The topological polar surface area (TPSA) is 61.0 Å². The van der Waals surface area contributed by atoms with E-state index in [-0.39, 0.29) is 11.2 Å². The van der Waals surface area contributed by atoms with Crippen LogP contribution in [0.2, 0.25) is 0 Å². The van der Waals surface area contributed by atoms with Crippen LogP contribution in [0.15, 0.2) is 48.5 Å². The van der Waals surface area contributed by atoms with Crippen molar-refractivity contribution in [2.24, 2.45) is 0 Å². The average molecular weight is 218 g/mol. The fraction of sp³-hybridized carbons (Fsp3) is 0.0769. The van der Waals surface area contributed by atoms with Gasteiger partial charge in [-0.05, 0) is 17.7 Å². The highest BCUT2D eigenvalue weighted by Crippen LogP contribution is 2.36. The molecule has 3 nitrogen and oxygen atoms in total. The van der Waals surface area contributed by atoms with Crippen molar-refractivity contribution in [1.29, 1.82) is 0 Å². The van der Waals surface area contributed by atoms with Gasteiger partial charge in [0.2, 0.25) is 0 Å². The van der Waals surface area contributed by atoms with Gasteiger partial charge in [0.25, 0.3) is 0 Å². The summed E-state index contributed by atoms with van der Waals surface area (Å²) in [5.74, 6) is 0.918. The first-order valence-corrected chi connectivity index (χ1v) is 4.74. The number of rotatable bonds is 2. The molecular weight excluding hydrogens is 204 g/mol. The lowest BCUT2D eigenvalue weighted by Gasteiger charge is -2.09. The number of methoxy groups -OCH3 is 1. The first kappa shape index (κ1) is 12.1. The Hall–Kier alpha value is -2.00. The molecule has 3 N–H and O–H groups in total. The molecule has 84 valence electrons. The normalized spacial score (nSPS) is 9.31. The average Bonchev–Trinajstić information content (AvgIpc) is 2.29. The second kappa shape index (κ2) is 5.19. The first-order chi connectivity index (χ1) is 7.33. The van der Waals surface area contributed by atoms with Gasteiger partial charge in [-0.2, -0.15) is 0 Å². The van der Waals surface area contributed by atoms with Crippen LogP contribution in [-0.4, -0.2) is 17.7 Å². The number of phenolic OH excluding ortho intramolecular Hbond substituents is 1. The second-order valence-electron chi connectivity index (χ2n) is 3.22. The van der Waals surface area contributed by atoms with E-state index in [4.69, 9.17) is 4.74 Å². The Balaban J connectivity index is 0.00000128. The Morgan fingerprint density at radius 2 is 1.62 bits per heavy atom. The molecule has 0 heterocycles. The summed E-state index contributed by atoms with van der Waals surface area (Å²) in [5.41, 5.74) is 1.69. The highest BCUT2D eigenvalue weighted by atomic mass is 16.5. The van der Waals surface area contributed by atoms with E-state index >= 15 is 0 Å². The van der Waals surface area contributed by atoms with Gasteiger partial charge in [-0.15, -0.1) is 0 Å². The van der Waals surface area contributed by atoms with Crippen molar-refractivity contribution < 1.29 is 15.3 Å². The molecule has 0 aliphatic rings. The Labute approximate surface area is 94.2 Å². The first-order valence-electron chi connectivity index (χ1n) is 4.74. The molecule has 16 heavy (non-hydrogen) atoms.